The Bertz CT molecular complexity index is 1100. The fraction of sp³-hybridized carbons (Fsp3) is 0.174. The Morgan fingerprint density at radius 3 is 2.23 bits per heavy atom. The van der Waals surface area contributed by atoms with Gasteiger partial charge in [0, 0.05) is 0 Å². The van der Waals surface area contributed by atoms with Crippen LogP contribution in [0.25, 0.3) is 0 Å². The van der Waals surface area contributed by atoms with Crippen molar-refractivity contribution in [2.24, 2.45) is 0 Å². The predicted octanol–water partition coefficient (Wildman–Crippen LogP) is 3.88. The summed E-state index contributed by atoms with van der Waals surface area (Å²) in [6.07, 6.45) is -0.655. The molecule has 0 heterocycles. The highest BCUT2D eigenvalue weighted by Gasteiger charge is 2.22. The van der Waals surface area contributed by atoms with Crippen molar-refractivity contribution in [1.82, 2.24) is 4.72 Å². The van der Waals surface area contributed by atoms with Crippen LogP contribution in [0.1, 0.15) is 27.6 Å². The van der Waals surface area contributed by atoms with Gasteiger partial charge in [-0.3, -0.25) is 0 Å². The summed E-state index contributed by atoms with van der Waals surface area (Å²) in [5.74, 6) is -0.217. The van der Waals surface area contributed by atoms with E-state index in [2.05, 4.69) is 4.72 Å². The molecule has 0 aliphatic heterocycles. The molecule has 3 aromatic carbocycles. The van der Waals surface area contributed by atoms with Crippen molar-refractivity contribution in [3.8, 4) is 5.75 Å². The van der Waals surface area contributed by atoms with Gasteiger partial charge in [-0.2, -0.15) is 0 Å². The van der Waals surface area contributed by atoms with Crippen LogP contribution < -0.4 is 9.46 Å². The summed E-state index contributed by atoms with van der Waals surface area (Å²) in [5, 5.41) is 0. The molecule has 1 unspecified atom stereocenters. The van der Waals surface area contributed by atoms with Crippen LogP contribution in [0.2, 0.25) is 0 Å². The number of sulfonamides is 1. The van der Waals surface area contributed by atoms with Crippen molar-refractivity contribution < 1.29 is 22.7 Å². The number of hydrogen-bond donors (Lipinski definition) is 1. The highest BCUT2D eigenvalue weighted by molar-refractivity contribution is 7.89. The number of hydrogen-bond acceptors (Lipinski definition) is 5. The van der Waals surface area contributed by atoms with Gasteiger partial charge in [0.1, 0.15) is 17.4 Å². The fourth-order valence-corrected chi connectivity index (χ4v) is 3.91. The first-order valence-corrected chi connectivity index (χ1v) is 10.8. The second kappa shape index (κ2) is 9.56. The van der Waals surface area contributed by atoms with E-state index in [9.17, 15) is 13.2 Å². The number of para-hydroxylation sites is 1. The van der Waals surface area contributed by atoms with E-state index in [0.717, 1.165) is 11.1 Å². The van der Waals surface area contributed by atoms with Gasteiger partial charge in [0.25, 0.3) is 0 Å². The summed E-state index contributed by atoms with van der Waals surface area (Å²) in [6, 6.07) is 22.5. The smallest absolute Gasteiger partial charge is 0.341 e. The molecule has 0 saturated heterocycles. The highest BCUT2D eigenvalue weighted by Crippen LogP contribution is 2.26. The summed E-state index contributed by atoms with van der Waals surface area (Å²) in [6.45, 7) is 1.87. The topological polar surface area (TPSA) is 81.7 Å². The number of methoxy groups -OCH3 is 1. The molecule has 7 heteroatoms. The van der Waals surface area contributed by atoms with Gasteiger partial charge >= 0.3 is 5.97 Å². The summed E-state index contributed by atoms with van der Waals surface area (Å²) < 4.78 is 38.9. The lowest BCUT2D eigenvalue weighted by Gasteiger charge is -2.21. The maximum absolute atomic E-state index is 12.7. The standard InChI is InChI=1S/C23H23NO5S/c1-17-12-14-19(15-13-17)30(26,27)24-16-22(18-8-4-3-5-9-18)29-21-11-7-6-10-20(21)23(25)28-2/h3-15,22,24H,16H2,1-2H3. The molecule has 0 fully saturated rings. The second-order valence-electron chi connectivity index (χ2n) is 6.67. The first-order valence-electron chi connectivity index (χ1n) is 9.36. The molecule has 0 spiro atoms. The van der Waals surface area contributed by atoms with Crippen LogP contribution in [0.15, 0.2) is 83.8 Å². The molecule has 0 aliphatic carbocycles. The van der Waals surface area contributed by atoms with Gasteiger partial charge in [-0.25, -0.2) is 17.9 Å². The van der Waals surface area contributed by atoms with Crippen LogP contribution in [0.4, 0.5) is 0 Å². The number of ether oxygens (including phenoxy) is 2. The summed E-state index contributed by atoms with van der Waals surface area (Å²) >= 11 is 0. The van der Waals surface area contributed by atoms with Crippen molar-refractivity contribution in [2.45, 2.75) is 17.9 Å². The van der Waals surface area contributed by atoms with Gasteiger partial charge in [-0.05, 0) is 36.8 Å². The van der Waals surface area contributed by atoms with E-state index in [4.69, 9.17) is 9.47 Å². The summed E-state index contributed by atoms with van der Waals surface area (Å²) in [4.78, 5) is 12.2. The van der Waals surface area contributed by atoms with Crippen molar-refractivity contribution in [2.75, 3.05) is 13.7 Å². The predicted molar refractivity (Wildman–Crippen MR) is 114 cm³/mol. The molecule has 1 N–H and O–H groups in total. The van der Waals surface area contributed by atoms with Gasteiger partial charge in [0.2, 0.25) is 10.0 Å². The van der Waals surface area contributed by atoms with Gasteiger partial charge in [0.15, 0.2) is 0 Å². The molecule has 0 radical (unpaired) electrons. The third-order valence-corrected chi connectivity index (χ3v) is 5.96. The van der Waals surface area contributed by atoms with E-state index in [-0.39, 0.29) is 17.0 Å². The molecule has 30 heavy (non-hydrogen) atoms. The third kappa shape index (κ3) is 5.25. The Morgan fingerprint density at radius 1 is 0.933 bits per heavy atom. The fourth-order valence-electron chi connectivity index (χ4n) is 2.88. The second-order valence-corrected chi connectivity index (χ2v) is 8.44. The Balaban J connectivity index is 1.86. The minimum Gasteiger partial charge on any atom is -0.483 e. The number of carbonyl (C=O) groups excluding carboxylic acids is 1. The van der Waals surface area contributed by atoms with Crippen LogP contribution in [0.5, 0.6) is 5.75 Å². The van der Waals surface area contributed by atoms with E-state index >= 15 is 0 Å². The average molecular weight is 426 g/mol. The molecule has 0 aromatic heterocycles. The Hall–Kier alpha value is -3.16. The average Bonchev–Trinajstić information content (AvgIpc) is 2.77. The lowest BCUT2D eigenvalue weighted by atomic mass is 10.1. The van der Waals surface area contributed by atoms with Gasteiger partial charge in [-0.1, -0.05) is 60.2 Å². The Labute approximate surface area is 176 Å². The minimum absolute atomic E-state index is 0.0181. The molecule has 3 rings (SSSR count). The van der Waals surface area contributed by atoms with Crippen molar-refractivity contribution in [3.05, 3.63) is 95.6 Å². The van der Waals surface area contributed by atoms with Gasteiger partial charge in [-0.15, -0.1) is 0 Å². The number of nitrogens with one attached hydrogen (secondary N) is 1. The zero-order valence-electron chi connectivity index (χ0n) is 16.7. The van der Waals surface area contributed by atoms with Crippen molar-refractivity contribution in [1.29, 1.82) is 0 Å². The first-order chi connectivity index (χ1) is 14.4. The van der Waals surface area contributed by atoms with E-state index in [1.807, 2.05) is 37.3 Å². The number of aryl methyl sites for hydroxylation is 1. The monoisotopic (exact) mass is 425 g/mol. The van der Waals surface area contributed by atoms with E-state index < -0.39 is 22.1 Å². The Morgan fingerprint density at radius 2 is 1.57 bits per heavy atom. The third-order valence-electron chi connectivity index (χ3n) is 4.52. The normalized spacial score (nSPS) is 12.2. The van der Waals surface area contributed by atoms with E-state index in [0.29, 0.717) is 5.75 Å². The molecule has 0 bridgehead atoms. The van der Waals surface area contributed by atoms with Crippen LogP contribution in [0.3, 0.4) is 0 Å². The van der Waals surface area contributed by atoms with Crippen molar-refractivity contribution >= 4 is 16.0 Å². The quantitative estimate of drug-likeness (QED) is 0.554. The lowest BCUT2D eigenvalue weighted by molar-refractivity contribution is 0.0593. The summed E-state index contributed by atoms with van der Waals surface area (Å²) in [7, 11) is -2.43. The maximum Gasteiger partial charge on any atom is 0.341 e. The summed E-state index contributed by atoms with van der Waals surface area (Å²) in [5.41, 5.74) is 2.00. The van der Waals surface area contributed by atoms with E-state index in [1.54, 1.807) is 48.5 Å². The zero-order valence-corrected chi connectivity index (χ0v) is 17.6. The maximum atomic E-state index is 12.7. The van der Waals surface area contributed by atoms with Crippen LogP contribution in [-0.4, -0.2) is 28.0 Å². The molecule has 1 atom stereocenters. The molecule has 0 amide bonds. The van der Waals surface area contributed by atoms with E-state index in [1.165, 1.54) is 7.11 Å². The zero-order chi connectivity index (χ0) is 21.6. The van der Waals surface area contributed by atoms with Crippen molar-refractivity contribution in [3.63, 3.8) is 0 Å². The van der Waals surface area contributed by atoms with Crippen LogP contribution in [0, 0.1) is 6.92 Å². The SMILES string of the molecule is COC(=O)c1ccccc1OC(CNS(=O)(=O)c1ccc(C)cc1)c1ccccc1. The number of carbonyl (C=O) groups is 1. The molecule has 156 valence electrons. The highest BCUT2D eigenvalue weighted by atomic mass is 32.2. The molecule has 0 aliphatic rings. The van der Waals surface area contributed by atoms with Crippen LogP contribution in [-0.2, 0) is 14.8 Å². The Kier molecular flexibility index (Phi) is 6.87. The first kappa shape index (κ1) is 21.5. The number of benzene rings is 3. The minimum atomic E-state index is -3.73. The number of rotatable bonds is 8. The molecule has 3 aromatic rings. The van der Waals surface area contributed by atoms with Gasteiger partial charge in [0.05, 0.1) is 18.6 Å². The van der Waals surface area contributed by atoms with Crippen LogP contribution >= 0.6 is 0 Å². The molecule has 0 saturated carbocycles. The lowest BCUT2D eigenvalue weighted by Crippen LogP contribution is -2.31. The van der Waals surface area contributed by atoms with Gasteiger partial charge < -0.3 is 9.47 Å². The molecular formula is C23H23NO5S. The molecular weight excluding hydrogens is 402 g/mol. The number of esters is 1. The largest absolute Gasteiger partial charge is 0.483 e. The molecule has 6 nitrogen and oxygen atoms in total.